The number of fused-ring (bicyclic) bond motifs is 1. The van der Waals surface area contributed by atoms with Crippen LogP contribution < -0.4 is 5.32 Å². The molecule has 1 N–H and O–H groups in total. The van der Waals surface area contributed by atoms with E-state index in [0.717, 1.165) is 24.3 Å². The minimum atomic E-state index is -0.455. The Labute approximate surface area is 129 Å². The Bertz CT molecular complexity index is 560. The molecule has 1 aliphatic heterocycles. The number of carbonyl (C=O) groups excluding carboxylic acids is 1. The Morgan fingerprint density at radius 1 is 1.48 bits per heavy atom. The van der Waals surface area contributed by atoms with Crippen molar-refractivity contribution in [2.45, 2.75) is 58.8 Å². The molecule has 2 heterocycles. The van der Waals surface area contributed by atoms with Crippen LogP contribution in [0, 0.1) is 5.41 Å². The summed E-state index contributed by atoms with van der Waals surface area (Å²) in [5, 5.41) is 3.80. The van der Waals surface area contributed by atoms with Crippen molar-refractivity contribution < 1.29 is 14.3 Å². The fourth-order valence-corrected chi connectivity index (χ4v) is 4.17. The van der Waals surface area contributed by atoms with Crippen LogP contribution in [-0.4, -0.2) is 24.4 Å². The lowest BCUT2D eigenvalue weighted by atomic mass is 9.89. The van der Waals surface area contributed by atoms with Crippen LogP contribution in [0.1, 0.15) is 44.6 Å². The van der Waals surface area contributed by atoms with Crippen molar-refractivity contribution in [2.75, 3.05) is 11.9 Å². The number of ether oxygens (including phenoxy) is 2. The highest BCUT2D eigenvalue weighted by Crippen LogP contribution is 2.44. The lowest BCUT2D eigenvalue weighted by Crippen LogP contribution is -2.38. The molecular weight excluding hydrogens is 286 g/mol. The molecule has 1 saturated heterocycles. The smallest absolute Gasteiger partial charge is 0.221 e. The molecule has 4 nitrogen and oxygen atoms in total. The average molecular weight is 309 g/mol. The molecule has 0 bridgehead atoms. The molecular formula is C16H23NO3S. The van der Waals surface area contributed by atoms with Crippen LogP contribution in [0.2, 0.25) is 0 Å². The number of carbonyl (C=O) groups is 1. The lowest BCUT2D eigenvalue weighted by Gasteiger charge is -2.33. The zero-order valence-electron chi connectivity index (χ0n) is 13.1. The summed E-state index contributed by atoms with van der Waals surface area (Å²) in [4.78, 5) is 12.5. The molecule has 1 amide bonds. The summed E-state index contributed by atoms with van der Waals surface area (Å²) in [7, 11) is 0. The summed E-state index contributed by atoms with van der Waals surface area (Å²) in [6.45, 7) is 8.77. The Hall–Kier alpha value is -0.910. The molecule has 1 aromatic rings. The third-order valence-corrected chi connectivity index (χ3v) is 5.31. The first-order chi connectivity index (χ1) is 9.77. The number of thiophene rings is 1. The molecule has 21 heavy (non-hydrogen) atoms. The number of aryl methyl sites for hydroxylation is 1. The number of hydrogen-bond donors (Lipinski definition) is 1. The zero-order chi connectivity index (χ0) is 15.3. The predicted molar refractivity (Wildman–Crippen MR) is 83.7 cm³/mol. The van der Waals surface area contributed by atoms with Crippen LogP contribution in [0.3, 0.4) is 0 Å². The Balaban J connectivity index is 1.76. The van der Waals surface area contributed by atoms with Gasteiger partial charge in [-0.05, 0) is 23.5 Å². The second-order valence-electron chi connectivity index (χ2n) is 7.11. The molecule has 1 aliphatic carbocycles. The Morgan fingerprint density at radius 2 is 2.24 bits per heavy atom. The highest BCUT2D eigenvalue weighted by molar-refractivity contribution is 7.16. The second-order valence-corrected chi connectivity index (χ2v) is 8.25. The van der Waals surface area contributed by atoms with Gasteiger partial charge in [0.05, 0.1) is 17.7 Å². The molecule has 3 rings (SSSR count). The van der Waals surface area contributed by atoms with E-state index in [1.807, 2.05) is 0 Å². The van der Waals surface area contributed by atoms with E-state index in [1.54, 1.807) is 11.3 Å². The molecule has 0 radical (unpaired) electrons. The molecule has 2 unspecified atom stereocenters. The van der Waals surface area contributed by atoms with E-state index in [4.69, 9.17) is 9.47 Å². The van der Waals surface area contributed by atoms with E-state index in [-0.39, 0.29) is 17.4 Å². The van der Waals surface area contributed by atoms with E-state index in [0.29, 0.717) is 6.61 Å². The fraction of sp³-hybridized carbons (Fsp3) is 0.688. The zero-order valence-corrected chi connectivity index (χ0v) is 13.9. The first-order valence-electron chi connectivity index (χ1n) is 7.48. The van der Waals surface area contributed by atoms with Gasteiger partial charge in [0.25, 0.3) is 0 Å². The quantitative estimate of drug-likeness (QED) is 0.865. The number of hydrogen-bond acceptors (Lipinski definition) is 4. The van der Waals surface area contributed by atoms with Crippen molar-refractivity contribution in [3.63, 3.8) is 0 Å². The van der Waals surface area contributed by atoms with Crippen molar-refractivity contribution in [3.8, 4) is 0 Å². The van der Waals surface area contributed by atoms with Gasteiger partial charge in [0.1, 0.15) is 0 Å². The van der Waals surface area contributed by atoms with Crippen LogP contribution in [0.5, 0.6) is 0 Å². The molecule has 1 aromatic heterocycles. The van der Waals surface area contributed by atoms with Crippen LogP contribution >= 0.6 is 11.3 Å². The lowest BCUT2D eigenvalue weighted by molar-refractivity contribution is -0.183. The number of nitrogens with one attached hydrogen (secondary N) is 1. The van der Waals surface area contributed by atoms with E-state index < -0.39 is 5.79 Å². The predicted octanol–water partition coefficient (Wildman–Crippen LogP) is 3.35. The van der Waals surface area contributed by atoms with E-state index in [2.05, 4.69) is 32.2 Å². The topological polar surface area (TPSA) is 47.6 Å². The van der Waals surface area contributed by atoms with Crippen LogP contribution in [0.25, 0.3) is 0 Å². The van der Waals surface area contributed by atoms with E-state index in [1.165, 1.54) is 17.4 Å². The van der Waals surface area contributed by atoms with Crippen molar-refractivity contribution in [2.24, 2.45) is 5.41 Å². The van der Waals surface area contributed by atoms with Gasteiger partial charge in [0, 0.05) is 24.6 Å². The summed E-state index contributed by atoms with van der Waals surface area (Å²) in [6, 6.07) is 2.09. The third-order valence-electron chi connectivity index (χ3n) is 4.22. The number of amides is 1. The van der Waals surface area contributed by atoms with E-state index >= 15 is 0 Å². The summed E-state index contributed by atoms with van der Waals surface area (Å²) >= 11 is 1.64. The van der Waals surface area contributed by atoms with Gasteiger partial charge in [-0.3, -0.25) is 4.79 Å². The molecule has 1 fully saturated rings. The standard InChI is InChI=1S/C16H23NO3S/c1-10(18)17-14-7-11-5-6-16(8-12(11)21-14)19-9-13(20-16)15(2,3)4/h7,13H,5-6,8-9H2,1-4H3,(H,17,18). The minimum Gasteiger partial charge on any atom is -0.347 e. The maximum absolute atomic E-state index is 11.2. The maximum Gasteiger partial charge on any atom is 0.221 e. The summed E-state index contributed by atoms with van der Waals surface area (Å²) in [5.41, 5.74) is 1.42. The molecule has 2 aliphatic rings. The maximum atomic E-state index is 11.2. The molecule has 116 valence electrons. The van der Waals surface area contributed by atoms with Gasteiger partial charge in [-0.15, -0.1) is 11.3 Å². The Kier molecular flexibility index (Phi) is 3.62. The minimum absolute atomic E-state index is 0.0236. The normalized spacial score (nSPS) is 28.7. The number of anilines is 1. The molecule has 5 heteroatoms. The van der Waals surface area contributed by atoms with Gasteiger partial charge in [-0.2, -0.15) is 0 Å². The molecule has 0 saturated carbocycles. The van der Waals surface area contributed by atoms with Gasteiger partial charge >= 0.3 is 0 Å². The van der Waals surface area contributed by atoms with Crippen LogP contribution in [0.15, 0.2) is 6.07 Å². The van der Waals surface area contributed by atoms with Crippen molar-refractivity contribution in [1.82, 2.24) is 0 Å². The molecule has 0 aromatic carbocycles. The average Bonchev–Trinajstić information content (AvgIpc) is 2.92. The first kappa shape index (κ1) is 15.0. The van der Waals surface area contributed by atoms with E-state index in [9.17, 15) is 4.79 Å². The van der Waals surface area contributed by atoms with Crippen molar-refractivity contribution in [3.05, 3.63) is 16.5 Å². The number of rotatable bonds is 1. The van der Waals surface area contributed by atoms with Crippen LogP contribution in [0.4, 0.5) is 5.00 Å². The van der Waals surface area contributed by atoms with Crippen molar-refractivity contribution >= 4 is 22.2 Å². The highest BCUT2D eigenvalue weighted by Gasteiger charge is 2.47. The highest BCUT2D eigenvalue weighted by atomic mass is 32.1. The molecule has 1 spiro atoms. The van der Waals surface area contributed by atoms with Gasteiger partial charge in [0.2, 0.25) is 5.91 Å². The van der Waals surface area contributed by atoms with Gasteiger partial charge in [-0.25, -0.2) is 0 Å². The summed E-state index contributed by atoms with van der Waals surface area (Å²) < 4.78 is 12.4. The summed E-state index contributed by atoms with van der Waals surface area (Å²) in [6.07, 6.45) is 2.78. The fourth-order valence-electron chi connectivity index (χ4n) is 2.93. The summed E-state index contributed by atoms with van der Waals surface area (Å²) in [5.74, 6) is -0.479. The van der Waals surface area contributed by atoms with Crippen molar-refractivity contribution in [1.29, 1.82) is 0 Å². The van der Waals surface area contributed by atoms with Gasteiger partial charge < -0.3 is 14.8 Å². The molecule has 2 atom stereocenters. The Morgan fingerprint density at radius 3 is 2.86 bits per heavy atom. The van der Waals surface area contributed by atoms with Gasteiger partial charge in [0.15, 0.2) is 5.79 Å². The van der Waals surface area contributed by atoms with Gasteiger partial charge in [-0.1, -0.05) is 20.8 Å². The van der Waals surface area contributed by atoms with Crippen LogP contribution in [-0.2, 0) is 27.1 Å². The monoisotopic (exact) mass is 309 g/mol. The third kappa shape index (κ3) is 3.00. The largest absolute Gasteiger partial charge is 0.347 e. The SMILES string of the molecule is CC(=O)Nc1cc2c(s1)CC1(CC2)OCC(C(C)(C)C)O1. The first-order valence-corrected chi connectivity index (χ1v) is 8.30. The second kappa shape index (κ2) is 5.07.